The van der Waals surface area contributed by atoms with Crippen molar-refractivity contribution in [3.63, 3.8) is 0 Å². The Morgan fingerprint density at radius 3 is 2.05 bits per heavy atom. The lowest BCUT2D eigenvalue weighted by molar-refractivity contribution is -0.187. The number of hydrogen-bond donors (Lipinski definition) is 0. The molecule has 0 bridgehead atoms. The van der Waals surface area contributed by atoms with Gasteiger partial charge in [-0.15, -0.1) is 0 Å². The van der Waals surface area contributed by atoms with Gasteiger partial charge < -0.3 is 0 Å². The minimum atomic E-state index is -4.15. The van der Waals surface area contributed by atoms with E-state index in [4.69, 9.17) is 0 Å². The molecule has 0 saturated carbocycles. The minimum absolute atomic E-state index is 0.0985. The molecule has 0 aliphatic carbocycles. The summed E-state index contributed by atoms with van der Waals surface area (Å²) in [5.41, 5.74) is 0. The Labute approximate surface area is 116 Å². The lowest BCUT2D eigenvalue weighted by atomic mass is 9.90. The third-order valence-corrected chi connectivity index (χ3v) is 3.52. The molecule has 0 aromatic rings. The summed E-state index contributed by atoms with van der Waals surface area (Å²) < 4.78 is 38.2. The number of carbonyl (C=O) groups excluding carboxylic acids is 2. The Balaban J connectivity index is 2.25. The van der Waals surface area contributed by atoms with E-state index < -0.39 is 18.0 Å². The van der Waals surface area contributed by atoms with Crippen LogP contribution in [0.4, 0.5) is 13.2 Å². The minimum Gasteiger partial charge on any atom is -0.275 e. The first kappa shape index (κ1) is 16.7. The number of imide groups is 1. The van der Waals surface area contributed by atoms with Crippen molar-refractivity contribution in [2.45, 2.75) is 45.7 Å². The number of amides is 2. The molecule has 0 radical (unpaired) electrons. The van der Waals surface area contributed by atoms with Gasteiger partial charge in [0.25, 0.3) is 11.8 Å². The lowest BCUT2D eigenvalue weighted by Gasteiger charge is -2.23. The van der Waals surface area contributed by atoms with Crippen LogP contribution in [0.2, 0.25) is 0 Å². The third-order valence-electron chi connectivity index (χ3n) is 3.52. The predicted molar refractivity (Wildman–Crippen MR) is 68.7 cm³/mol. The van der Waals surface area contributed by atoms with Crippen LogP contribution >= 0.6 is 0 Å². The molecule has 0 aromatic carbocycles. The van der Waals surface area contributed by atoms with Crippen LogP contribution in [0.5, 0.6) is 0 Å². The summed E-state index contributed by atoms with van der Waals surface area (Å²) in [6.45, 7) is 3.43. The van der Waals surface area contributed by atoms with E-state index in [0.717, 1.165) is 4.90 Å². The smallest absolute Gasteiger partial charge is 0.275 e. The summed E-state index contributed by atoms with van der Waals surface area (Å²) in [6.07, 6.45) is -0.0635. The van der Waals surface area contributed by atoms with Crippen molar-refractivity contribution in [3.8, 4) is 0 Å². The van der Waals surface area contributed by atoms with Crippen molar-refractivity contribution in [1.82, 2.24) is 4.90 Å². The van der Waals surface area contributed by atoms with E-state index in [9.17, 15) is 22.8 Å². The molecule has 1 atom stereocenters. The molecule has 0 N–H and O–H groups in total. The topological polar surface area (TPSA) is 37.4 Å². The molecule has 0 unspecified atom stereocenters. The highest BCUT2D eigenvalue weighted by atomic mass is 19.4. The van der Waals surface area contributed by atoms with Gasteiger partial charge in [0.05, 0.1) is 5.92 Å². The zero-order chi connectivity index (χ0) is 15.3. The monoisotopic (exact) mass is 291 g/mol. The molecule has 0 spiro atoms. The van der Waals surface area contributed by atoms with Gasteiger partial charge in [-0.05, 0) is 18.8 Å². The van der Waals surface area contributed by atoms with E-state index in [1.165, 1.54) is 12.2 Å². The molecule has 0 saturated heterocycles. The fraction of sp³-hybridized carbons (Fsp3) is 0.714. The van der Waals surface area contributed by atoms with Crippen LogP contribution < -0.4 is 0 Å². The highest BCUT2D eigenvalue weighted by Gasteiger charge is 2.40. The van der Waals surface area contributed by atoms with Crippen molar-refractivity contribution in [3.05, 3.63) is 12.2 Å². The zero-order valence-corrected chi connectivity index (χ0v) is 11.7. The molecular formula is C14H20F3NO2. The molecule has 20 heavy (non-hydrogen) atoms. The second kappa shape index (κ2) is 6.90. The van der Waals surface area contributed by atoms with Crippen LogP contribution in [0, 0.1) is 11.8 Å². The van der Waals surface area contributed by atoms with Crippen molar-refractivity contribution in [2.24, 2.45) is 11.8 Å². The predicted octanol–water partition coefficient (Wildman–Crippen LogP) is 3.31. The largest absolute Gasteiger partial charge is 0.392 e. The number of nitrogens with zero attached hydrogens (tertiary/aromatic N) is 1. The first-order valence-corrected chi connectivity index (χ1v) is 6.83. The second-order valence-electron chi connectivity index (χ2n) is 5.40. The highest BCUT2D eigenvalue weighted by Crippen LogP contribution is 2.35. The van der Waals surface area contributed by atoms with E-state index >= 15 is 0 Å². The summed E-state index contributed by atoms with van der Waals surface area (Å²) in [5, 5.41) is 0. The van der Waals surface area contributed by atoms with Gasteiger partial charge in [0.1, 0.15) is 0 Å². The molecule has 1 aliphatic rings. The maximum Gasteiger partial charge on any atom is 0.392 e. The number of rotatable bonds is 7. The maximum absolute atomic E-state index is 12.7. The fourth-order valence-corrected chi connectivity index (χ4v) is 2.34. The van der Waals surface area contributed by atoms with Crippen molar-refractivity contribution >= 4 is 11.8 Å². The summed E-state index contributed by atoms with van der Waals surface area (Å²) >= 11 is 0. The van der Waals surface area contributed by atoms with Crippen molar-refractivity contribution in [1.29, 1.82) is 0 Å². The number of carbonyl (C=O) groups is 2. The second-order valence-corrected chi connectivity index (χ2v) is 5.40. The van der Waals surface area contributed by atoms with Gasteiger partial charge in [-0.3, -0.25) is 14.5 Å². The summed E-state index contributed by atoms with van der Waals surface area (Å²) in [5.74, 6) is -2.39. The molecule has 0 fully saturated rings. The molecule has 6 heteroatoms. The van der Waals surface area contributed by atoms with Crippen LogP contribution in [-0.2, 0) is 9.59 Å². The molecule has 2 amide bonds. The van der Waals surface area contributed by atoms with Crippen molar-refractivity contribution in [2.75, 3.05) is 6.54 Å². The number of unbranched alkanes of at least 4 members (excludes halogenated alkanes) is 2. The van der Waals surface area contributed by atoms with E-state index in [1.807, 2.05) is 0 Å². The Kier molecular flexibility index (Phi) is 5.77. The number of hydrogen-bond acceptors (Lipinski definition) is 2. The standard InChI is InChI=1S/C14H20F3NO2/c1-10(2)11(14(15,16)17)6-4-3-5-9-18-12(19)7-8-13(18)20/h7-8,10-11H,3-6,9H2,1-2H3/t11-/m0/s1. The van der Waals surface area contributed by atoms with Gasteiger partial charge in [-0.25, -0.2) is 0 Å². The number of halogens is 3. The van der Waals surface area contributed by atoms with Gasteiger partial charge in [-0.1, -0.05) is 26.7 Å². The van der Waals surface area contributed by atoms with Crippen LogP contribution in [0.25, 0.3) is 0 Å². The SMILES string of the molecule is CC(C)[C@H](CCCCCN1C(=O)C=CC1=O)C(F)(F)F. The first-order chi connectivity index (χ1) is 9.23. The molecule has 1 aliphatic heterocycles. The van der Waals surface area contributed by atoms with Crippen LogP contribution in [0.15, 0.2) is 12.2 Å². The first-order valence-electron chi connectivity index (χ1n) is 6.83. The Hall–Kier alpha value is -1.33. The summed E-state index contributed by atoms with van der Waals surface area (Å²) in [6, 6.07) is 0. The third kappa shape index (κ3) is 4.65. The molecule has 114 valence electrons. The van der Waals surface area contributed by atoms with Gasteiger partial charge in [0, 0.05) is 18.7 Å². The molecule has 3 nitrogen and oxygen atoms in total. The Bertz CT molecular complexity index is 370. The van der Waals surface area contributed by atoms with Gasteiger partial charge in [0.2, 0.25) is 0 Å². The Morgan fingerprint density at radius 2 is 1.60 bits per heavy atom. The average molecular weight is 291 g/mol. The zero-order valence-electron chi connectivity index (χ0n) is 11.7. The van der Waals surface area contributed by atoms with Gasteiger partial charge >= 0.3 is 6.18 Å². The molecule has 0 aromatic heterocycles. The van der Waals surface area contributed by atoms with Crippen LogP contribution in [0.3, 0.4) is 0 Å². The van der Waals surface area contributed by atoms with E-state index in [2.05, 4.69) is 0 Å². The molecular weight excluding hydrogens is 271 g/mol. The molecule has 1 heterocycles. The maximum atomic E-state index is 12.7. The van der Waals surface area contributed by atoms with Crippen molar-refractivity contribution < 1.29 is 22.8 Å². The Morgan fingerprint density at radius 1 is 1.05 bits per heavy atom. The fourth-order valence-electron chi connectivity index (χ4n) is 2.34. The van der Waals surface area contributed by atoms with E-state index in [0.29, 0.717) is 19.3 Å². The van der Waals surface area contributed by atoms with E-state index in [1.54, 1.807) is 13.8 Å². The van der Waals surface area contributed by atoms with Crippen LogP contribution in [-0.4, -0.2) is 29.4 Å². The van der Waals surface area contributed by atoms with Crippen LogP contribution in [0.1, 0.15) is 39.5 Å². The quantitative estimate of drug-likeness (QED) is 0.533. The summed E-state index contributed by atoms with van der Waals surface area (Å²) in [7, 11) is 0. The van der Waals surface area contributed by atoms with Gasteiger partial charge in [-0.2, -0.15) is 13.2 Å². The van der Waals surface area contributed by atoms with E-state index in [-0.39, 0.29) is 24.8 Å². The lowest BCUT2D eigenvalue weighted by Crippen LogP contribution is -2.31. The normalized spacial score (nSPS) is 17.4. The number of alkyl halides is 3. The highest BCUT2D eigenvalue weighted by molar-refractivity contribution is 6.12. The summed E-state index contributed by atoms with van der Waals surface area (Å²) in [4.78, 5) is 23.6. The molecule has 1 rings (SSSR count). The average Bonchev–Trinajstić information content (AvgIpc) is 2.62. The van der Waals surface area contributed by atoms with Gasteiger partial charge in [0.15, 0.2) is 0 Å².